The lowest BCUT2D eigenvalue weighted by Gasteiger charge is -2.37. The van der Waals surface area contributed by atoms with Gasteiger partial charge in [-0.15, -0.1) is 0 Å². The number of carbonyl (C=O) groups is 1. The highest BCUT2D eigenvalue weighted by molar-refractivity contribution is 6.31. The molecule has 0 saturated carbocycles. The molecule has 110 valence electrons. The smallest absolute Gasteiger partial charge is 0.254 e. The first-order valence-electron chi connectivity index (χ1n) is 7.10. The van der Waals surface area contributed by atoms with Gasteiger partial charge in [0.05, 0.1) is 0 Å². The summed E-state index contributed by atoms with van der Waals surface area (Å²) in [4.78, 5) is 16.7. The molecule has 0 aliphatic carbocycles. The van der Waals surface area contributed by atoms with Gasteiger partial charge in [0.2, 0.25) is 0 Å². The van der Waals surface area contributed by atoms with E-state index < -0.39 is 0 Å². The Balaban J connectivity index is 2.01. The standard InChI is InChI=1S/C15H22ClN3O/c1-3-11(2)18-4-6-19(7-5-18)15(20)12-8-13(16)10-14(17)9-12/h8-11H,3-7,17H2,1-2H3. The van der Waals surface area contributed by atoms with Gasteiger partial charge in [-0.1, -0.05) is 18.5 Å². The van der Waals surface area contributed by atoms with Crippen LogP contribution >= 0.6 is 11.6 Å². The molecule has 1 heterocycles. The van der Waals surface area contributed by atoms with Crippen LogP contribution in [0.25, 0.3) is 0 Å². The Bertz CT molecular complexity index is 464. The molecule has 1 unspecified atom stereocenters. The lowest BCUT2D eigenvalue weighted by atomic mass is 10.1. The van der Waals surface area contributed by atoms with Crippen molar-refractivity contribution in [3.8, 4) is 0 Å². The predicted octanol–water partition coefficient (Wildman–Crippen LogP) is 2.48. The summed E-state index contributed by atoms with van der Waals surface area (Å²) in [6, 6.07) is 5.60. The lowest BCUT2D eigenvalue weighted by molar-refractivity contribution is 0.0579. The number of anilines is 1. The lowest BCUT2D eigenvalue weighted by Crippen LogP contribution is -2.51. The number of nitrogen functional groups attached to an aromatic ring is 1. The van der Waals surface area contributed by atoms with Crippen LogP contribution in [-0.2, 0) is 0 Å². The van der Waals surface area contributed by atoms with Crippen molar-refractivity contribution in [3.05, 3.63) is 28.8 Å². The third kappa shape index (κ3) is 3.44. The van der Waals surface area contributed by atoms with Crippen molar-refractivity contribution in [1.82, 2.24) is 9.80 Å². The molecule has 0 aromatic heterocycles. The third-order valence-corrected chi connectivity index (χ3v) is 4.20. The van der Waals surface area contributed by atoms with E-state index >= 15 is 0 Å². The molecule has 5 heteroatoms. The number of hydrogen-bond acceptors (Lipinski definition) is 3. The van der Waals surface area contributed by atoms with E-state index in [1.54, 1.807) is 18.2 Å². The van der Waals surface area contributed by atoms with Gasteiger partial charge in [0.15, 0.2) is 0 Å². The summed E-state index contributed by atoms with van der Waals surface area (Å²) in [7, 11) is 0. The average molecular weight is 296 g/mol. The molecular formula is C15H22ClN3O. The van der Waals surface area contributed by atoms with Gasteiger partial charge in [-0.2, -0.15) is 0 Å². The highest BCUT2D eigenvalue weighted by Crippen LogP contribution is 2.19. The third-order valence-electron chi connectivity index (χ3n) is 3.98. The second kappa shape index (κ2) is 6.46. The Morgan fingerprint density at radius 3 is 2.50 bits per heavy atom. The van der Waals surface area contributed by atoms with E-state index in [-0.39, 0.29) is 5.91 Å². The number of nitrogens with two attached hydrogens (primary N) is 1. The van der Waals surface area contributed by atoms with E-state index in [1.165, 1.54) is 0 Å². The molecule has 0 spiro atoms. The topological polar surface area (TPSA) is 49.6 Å². The first-order valence-corrected chi connectivity index (χ1v) is 7.48. The minimum absolute atomic E-state index is 0.0167. The van der Waals surface area contributed by atoms with Gasteiger partial charge in [0, 0.05) is 48.5 Å². The van der Waals surface area contributed by atoms with E-state index in [2.05, 4.69) is 18.7 Å². The first kappa shape index (κ1) is 15.1. The van der Waals surface area contributed by atoms with Crippen LogP contribution in [0.5, 0.6) is 0 Å². The van der Waals surface area contributed by atoms with Gasteiger partial charge in [-0.3, -0.25) is 9.69 Å². The molecule has 1 fully saturated rings. The quantitative estimate of drug-likeness (QED) is 0.872. The van der Waals surface area contributed by atoms with Crippen LogP contribution < -0.4 is 5.73 Å². The number of halogens is 1. The maximum atomic E-state index is 12.4. The van der Waals surface area contributed by atoms with Crippen LogP contribution in [0.2, 0.25) is 5.02 Å². The molecule has 1 aromatic rings. The molecule has 2 rings (SSSR count). The minimum Gasteiger partial charge on any atom is -0.399 e. The van der Waals surface area contributed by atoms with Gasteiger partial charge in [0.25, 0.3) is 5.91 Å². The zero-order valence-electron chi connectivity index (χ0n) is 12.1. The number of amides is 1. The molecule has 1 amide bonds. The summed E-state index contributed by atoms with van der Waals surface area (Å²) in [6.45, 7) is 7.80. The molecule has 2 N–H and O–H groups in total. The first-order chi connectivity index (χ1) is 9.51. The van der Waals surface area contributed by atoms with Crippen molar-refractivity contribution in [2.45, 2.75) is 26.3 Å². The second-order valence-corrected chi connectivity index (χ2v) is 5.80. The Morgan fingerprint density at radius 1 is 1.30 bits per heavy atom. The van der Waals surface area contributed by atoms with E-state index in [0.717, 1.165) is 32.6 Å². The summed E-state index contributed by atoms with van der Waals surface area (Å²) >= 11 is 5.96. The molecule has 1 saturated heterocycles. The number of benzene rings is 1. The van der Waals surface area contributed by atoms with Crippen LogP contribution in [0.1, 0.15) is 30.6 Å². The van der Waals surface area contributed by atoms with Gasteiger partial charge in [0.1, 0.15) is 0 Å². The Labute approximate surface area is 125 Å². The number of piperazine rings is 1. The zero-order chi connectivity index (χ0) is 14.7. The van der Waals surface area contributed by atoms with Crippen LogP contribution in [0.3, 0.4) is 0 Å². The van der Waals surface area contributed by atoms with E-state index in [9.17, 15) is 4.79 Å². The maximum absolute atomic E-state index is 12.4. The Kier molecular flexibility index (Phi) is 4.89. The SMILES string of the molecule is CCC(C)N1CCN(C(=O)c2cc(N)cc(Cl)c2)CC1. The molecular weight excluding hydrogens is 274 g/mol. The molecule has 0 bridgehead atoms. The van der Waals surface area contributed by atoms with Crippen molar-refractivity contribution in [3.63, 3.8) is 0 Å². The zero-order valence-corrected chi connectivity index (χ0v) is 12.9. The number of hydrogen-bond donors (Lipinski definition) is 1. The molecule has 20 heavy (non-hydrogen) atoms. The number of carbonyl (C=O) groups excluding carboxylic acids is 1. The fraction of sp³-hybridized carbons (Fsp3) is 0.533. The molecule has 0 radical (unpaired) electrons. The molecule has 4 nitrogen and oxygen atoms in total. The van der Waals surface area contributed by atoms with Crippen LogP contribution in [0.15, 0.2) is 18.2 Å². The molecule has 1 aliphatic heterocycles. The summed E-state index contributed by atoms with van der Waals surface area (Å²) in [6.07, 6.45) is 1.14. The average Bonchev–Trinajstić information content (AvgIpc) is 2.45. The fourth-order valence-corrected chi connectivity index (χ4v) is 2.79. The van der Waals surface area contributed by atoms with Crippen LogP contribution in [0.4, 0.5) is 5.69 Å². The largest absolute Gasteiger partial charge is 0.399 e. The van der Waals surface area contributed by atoms with Crippen LogP contribution in [-0.4, -0.2) is 47.9 Å². The van der Waals surface area contributed by atoms with Crippen molar-refractivity contribution < 1.29 is 4.79 Å². The normalized spacial score (nSPS) is 18.1. The summed E-state index contributed by atoms with van der Waals surface area (Å²) < 4.78 is 0. The Morgan fingerprint density at radius 2 is 1.95 bits per heavy atom. The van der Waals surface area contributed by atoms with E-state index in [0.29, 0.717) is 22.3 Å². The highest BCUT2D eigenvalue weighted by Gasteiger charge is 2.24. The molecule has 1 aliphatic rings. The fourth-order valence-electron chi connectivity index (χ4n) is 2.54. The van der Waals surface area contributed by atoms with Crippen LogP contribution in [0, 0.1) is 0 Å². The minimum atomic E-state index is 0.0167. The number of nitrogens with zero attached hydrogens (tertiary/aromatic N) is 2. The Hall–Kier alpha value is -1.26. The van der Waals surface area contributed by atoms with Crippen molar-refractivity contribution in [1.29, 1.82) is 0 Å². The molecule has 1 aromatic carbocycles. The summed E-state index contributed by atoms with van der Waals surface area (Å²) in [5.41, 5.74) is 6.85. The maximum Gasteiger partial charge on any atom is 0.254 e. The number of rotatable bonds is 3. The van der Waals surface area contributed by atoms with Crippen molar-refractivity contribution in [2.24, 2.45) is 0 Å². The van der Waals surface area contributed by atoms with E-state index in [1.807, 2.05) is 4.90 Å². The second-order valence-electron chi connectivity index (χ2n) is 5.36. The van der Waals surface area contributed by atoms with Gasteiger partial charge >= 0.3 is 0 Å². The monoisotopic (exact) mass is 295 g/mol. The van der Waals surface area contributed by atoms with Gasteiger partial charge in [-0.05, 0) is 31.5 Å². The highest BCUT2D eigenvalue weighted by atomic mass is 35.5. The van der Waals surface area contributed by atoms with E-state index in [4.69, 9.17) is 17.3 Å². The summed E-state index contributed by atoms with van der Waals surface area (Å²) in [5.74, 6) is 0.0167. The summed E-state index contributed by atoms with van der Waals surface area (Å²) in [5, 5.41) is 0.506. The predicted molar refractivity (Wildman–Crippen MR) is 83.1 cm³/mol. The van der Waals surface area contributed by atoms with Crippen molar-refractivity contribution in [2.75, 3.05) is 31.9 Å². The molecule has 1 atom stereocenters. The van der Waals surface area contributed by atoms with Gasteiger partial charge in [-0.25, -0.2) is 0 Å². The van der Waals surface area contributed by atoms with Gasteiger partial charge < -0.3 is 10.6 Å². The van der Waals surface area contributed by atoms with Crippen molar-refractivity contribution >= 4 is 23.2 Å².